The van der Waals surface area contributed by atoms with E-state index in [-0.39, 0.29) is 6.03 Å². The first-order chi connectivity index (χ1) is 12.7. The van der Waals surface area contributed by atoms with Gasteiger partial charge in [0.25, 0.3) is 0 Å². The molecule has 2 amide bonds. The number of amides is 2. The highest BCUT2D eigenvalue weighted by Crippen LogP contribution is 2.12. The number of piperazine rings is 1. The second-order valence-electron chi connectivity index (χ2n) is 6.42. The van der Waals surface area contributed by atoms with Crippen LogP contribution in [0.3, 0.4) is 0 Å². The third kappa shape index (κ3) is 5.20. The molecule has 2 heterocycles. The standard InChI is InChI=1S/C20H26N4O2/c1-26-19-7-4-5-17(15-19)8-10-22-20(25)24-13-11-23(12-14-24)16-18-6-2-3-9-21-18/h2-7,9,15H,8,10-14,16H2,1H3,(H,22,25). The lowest BCUT2D eigenvalue weighted by Crippen LogP contribution is -2.51. The number of benzene rings is 1. The Morgan fingerprint density at radius 2 is 2.00 bits per heavy atom. The number of pyridine rings is 1. The van der Waals surface area contributed by atoms with Gasteiger partial charge in [0.15, 0.2) is 0 Å². The Morgan fingerprint density at radius 3 is 2.73 bits per heavy atom. The van der Waals surface area contributed by atoms with E-state index in [4.69, 9.17) is 4.74 Å². The molecule has 1 saturated heterocycles. The second kappa shape index (κ2) is 9.20. The maximum absolute atomic E-state index is 12.3. The monoisotopic (exact) mass is 354 g/mol. The van der Waals surface area contributed by atoms with Gasteiger partial charge in [0.05, 0.1) is 12.8 Å². The summed E-state index contributed by atoms with van der Waals surface area (Å²) in [5, 5.41) is 3.02. The zero-order valence-electron chi connectivity index (χ0n) is 15.2. The first-order valence-electron chi connectivity index (χ1n) is 9.02. The van der Waals surface area contributed by atoms with Gasteiger partial charge in [-0.3, -0.25) is 9.88 Å². The van der Waals surface area contributed by atoms with Gasteiger partial charge in [-0.15, -0.1) is 0 Å². The minimum absolute atomic E-state index is 0.0189. The molecule has 138 valence electrons. The maximum Gasteiger partial charge on any atom is 0.317 e. The summed E-state index contributed by atoms with van der Waals surface area (Å²) >= 11 is 0. The lowest BCUT2D eigenvalue weighted by atomic mass is 10.1. The molecular weight excluding hydrogens is 328 g/mol. The highest BCUT2D eigenvalue weighted by molar-refractivity contribution is 5.74. The van der Waals surface area contributed by atoms with Gasteiger partial charge in [-0.2, -0.15) is 0 Å². The smallest absolute Gasteiger partial charge is 0.317 e. The van der Waals surface area contributed by atoms with Crippen molar-refractivity contribution in [3.63, 3.8) is 0 Å². The third-order valence-electron chi connectivity index (χ3n) is 4.60. The predicted octanol–water partition coefficient (Wildman–Crippen LogP) is 2.16. The molecule has 0 spiro atoms. The summed E-state index contributed by atoms with van der Waals surface area (Å²) in [5.41, 5.74) is 2.23. The number of urea groups is 1. The largest absolute Gasteiger partial charge is 0.497 e. The van der Waals surface area contributed by atoms with E-state index in [1.807, 2.05) is 53.6 Å². The molecular formula is C20H26N4O2. The van der Waals surface area contributed by atoms with Gasteiger partial charge in [0.2, 0.25) is 0 Å². The molecule has 0 aliphatic carbocycles. The fourth-order valence-electron chi connectivity index (χ4n) is 3.08. The molecule has 6 nitrogen and oxygen atoms in total. The minimum Gasteiger partial charge on any atom is -0.497 e. The van der Waals surface area contributed by atoms with Crippen molar-refractivity contribution in [2.45, 2.75) is 13.0 Å². The number of aromatic nitrogens is 1. The molecule has 6 heteroatoms. The molecule has 0 bridgehead atoms. The maximum atomic E-state index is 12.3. The van der Waals surface area contributed by atoms with Crippen LogP contribution in [0.15, 0.2) is 48.7 Å². The molecule has 26 heavy (non-hydrogen) atoms. The van der Waals surface area contributed by atoms with Crippen LogP contribution in [0, 0.1) is 0 Å². The molecule has 0 atom stereocenters. The topological polar surface area (TPSA) is 57.7 Å². The second-order valence-corrected chi connectivity index (χ2v) is 6.42. The average Bonchev–Trinajstić information content (AvgIpc) is 2.69. The summed E-state index contributed by atoms with van der Waals surface area (Å²) in [5.74, 6) is 0.845. The SMILES string of the molecule is COc1cccc(CCNC(=O)N2CCN(Cc3ccccn3)CC2)c1. The number of nitrogens with zero attached hydrogens (tertiary/aromatic N) is 3. The van der Waals surface area contributed by atoms with Crippen LogP contribution in [-0.4, -0.2) is 60.6 Å². The van der Waals surface area contributed by atoms with Crippen molar-refractivity contribution in [1.82, 2.24) is 20.1 Å². The number of rotatable bonds is 6. The summed E-state index contributed by atoms with van der Waals surface area (Å²) in [6, 6.07) is 13.9. The van der Waals surface area contributed by atoms with Crippen molar-refractivity contribution >= 4 is 6.03 Å². The van der Waals surface area contributed by atoms with Crippen LogP contribution in [0.2, 0.25) is 0 Å². The Bertz CT molecular complexity index is 700. The number of methoxy groups -OCH3 is 1. The van der Waals surface area contributed by atoms with Crippen LogP contribution < -0.4 is 10.1 Å². The van der Waals surface area contributed by atoms with Gasteiger partial charge in [-0.25, -0.2) is 4.79 Å². The normalized spacial score (nSPS) is 14.9. The number of hydrogen-bond acceptors (Lipinski definition) is 4. The van der Waals surface area contributed by atoms with E-state index < -0.39 is 0 Å². The van der Waals surface area contributed by atoms with Gasteiger partial charge in [-0.1, -0.05) is 18.2 Å². The lowest BCUT2D eigenvalue weighted by Gasteiger charge is -2.34. The van der Waals surface area contributed by atoms with Crippen molar-refractivity contribution in [2.24, 2.45) is 0 Å². The molecule has 1 aromatic heterocycles. The first-order valence-corrected chi connectivity index (χ1v) is 9.02. The van der Waals surface area contributed by atoms with Crippen LogP contribution in [0.4, 0.5) is 4.79 Å². The van der Waals surface area contributed by atoms with Crippen molar-refractivity contribution in [1.29, 1.82) is 0 Å². The highest BCUT2D eigenvalue weighted by atomic mass is 16.5. The van der Waals surface area contributed by atoms with E-state index in [2.05, 4.69) is 15.2 Å². The Balaban J connectivity index is 1.38. The molecule has 1 N–H and O–H groups in total. The summed E-state index contributed by atoms with van der Waals surface area (Å²) in [6.07, 6.45) is 2.62. The van der Waals surface area contributed by atoms with Crippen LogP contribution in [0.5, 0.6) is 5.75 Å². The first kappa shape index (κ1) is 18.2. The zero-order chi connectivity index (χ0) is 18.2. The quantitative estimate of drug-likeness (QED) is 0.864. The van der Waals surface area contributed by atoms with E-state index in [0.717, 1.165) is 56.2 Å². The highest BCUT2D eigenvalue weighted by Gasteiger charge is 2.20. The van der Waals surface area contributed by atoms with Crippen LogP contribution in [-0.2, 0) is 13.0 Å². The van der Waals surface area contributed by atoms with Crippen molar-refractivity contribution < 1.29 is 9.53 Å². The van der Waals surface area contributed by atoms with Gasteiger partial charge >= 0.3 is 6.03 Å². The summed E-state index contributed by atoms with van der Waals surface area (Å²) in [6.45, 7) is 4.71. The summed E-state index contributed by atoms with van der Waals surface area (Å²) in [7, 11) is 1.66. The summed E-state index contributed by atoms with van der Waals surface area (Å²) < 4.78 is 5.23. The lowest BCUT2D eigenvalue weighted by molar-refractivity contribution is 0.134. The molecule has 1 aromatic carbocycles. The molecule has 2 aromatic rings. The third-order valence-corrected chi connectivity index (χ3v) is 4.60. The minimum atomic E-state index is 0.0189. The van der Waals surface area contributed by atoms with E-state index in [1.54, 1.807) is 7.11 Å². The average molecular weight is 354 g/mol. The number of hydrogen-bond donors (Lipinski definition) is 1. The predicted molar refractivity (Wildman–Crippen MR) is 101 cm³/mol. The molecule has 0 saturated carbocycles. The van der Waals surface area contributed by atoms with Gasteiger partial charge in [0.1, 0.15) is 5.75 Å². The van der Waals surface area contributed by atoms with E-state index in [0.29, 0.717) is 6.54 Å². The number of ether oxygens (including phenoxy) is 1. The zero-order valence-corrected chi connectivity index (χ0v) is 15.2. The fraction of sp³-hybridized carbons (Fsp3) is 0.400. The molecule has 0 unspecified atom stereocenters. The molecule has 3 rings (SSSR count). The van der Waals surface area contributed by atoms with E-state index in [1.165, 1.54) is 0 Å². The van der Waals surface area contributed by atoms with E-state index >= 15 is 0 Å². The molecule has 1 aliphatic heterocycles. The Hall–Kier alpha value is -2.60. The molecule has 1 aliphatic rings. The van der Waals surface area contributed by atoms with E-state index in [9.17, 15) is 4.79 Å². The van der Waals surface area contributed by atoms with Crippen LogP contribution >= 0.6 is 0 Å². The number of nitrogens with one attached hydrogen (secondary N) is 1. The van der Waals surface area contributed by atoms with Crippen molar-refractivity contribution in [2.75, 3.05) is 39.8 Å². The Kier molecular flexibility index (Phi) is 6.44. The Labute approximate surface area is 154 Å². The van der Waals surface area contributed by atoms with Gasteiger partial charge in [0, 0.05) is 45.5 Å². The summed E-state index contributed by atoms with van der Waals surface area (Å²) in [4.78, 5) is 20.9. The van der Waals surface area contributed by atoms with Crippen molar-refractivity contribution in [3.05, 3.63) is 59.9 Å². The van der Waals surface area contributed by atoms with Crippen molar-refractivity contribution in [3.8, 4) is 5.75 Å². The van der Waals surface area contributed by atoms with Crippen LogP contribution in [0.25, 0.3) is 0 Å². The number of carbonyl (C=O) groups is 1. The van der Waals surface area contributed by atoms with Crippen LogP contribution in [0.1, 0.15) is 11.3 Å². The van der Waals surface area contributed by atoms with Gasteiger partial charge < -0.3 is 15.0 Å². The molecule has 1 fully saturated rings. The number of carbonyl (C=O) groups excluding carboxylic acids is 1. The fourth-order valence-corrected chi connectivity index (χ4v) is 3.08. The molecule has 0 radical (unpaired) electrons. The van der Waals surface area contributed by atoms with Gasteiger partial charge in [-0.05, 0) is 36.2 Å². The Morgan fingerprint density at radius 1 is 1.15 bits per heavy atom.